The fourth-order valence-electron chi connectivity index (χ4n) is 3.07. The molecule has 1 aliphatic heterocycles. The first kappa shape index (κ1) is 16.7. The largest absolute Gasteiger partial charge is 0.392 e. The van der Waals surface area contributed by atoms with Crippen LogP contribution in [0.2, 0.25) is 0 Å². The molecular formula is C18H23N3O3. The van der Waals surface area contributed by atoms with Gasteiger partial charge in [-0.25, -0.2) is 0 Å². The van der Waals surface area contributed by atoms with Crippen LogP contribution in [0.15, 0.2) is 39.9 Å². The molecule has 3 rings (SSSR count). The third-order valence-electron chi connectivity index (χ3n) is 4.40. The van der Waals surface area contributed by atoms with Crippen LogP contribution in [0.5, 0.6) is 0 Å². The van der Waals surface area contributed by atoms with E-state index in [0.717, 1.165) is 32.7 Å². The molecule has 1 aliphatic rings. The number of piperazine rings is 1. The van der Waals surface area contributed by atoms with Crippen LogP contribution >= 0.6 is 0 Å². The molecule has 1 unspecified atom stereocenters. The Morgan fingerprint density at radius 1 is 1.08 bits per heavy atom. The SMILES string of the molecule is CC(O)CNc1c(N2CCN(Cc3ccccc3)CC2)c(=O)c1=O. The number of rotatable bonds is 6. The van der Waals surface area contributed by atoms with Crippen molar-refractivity contribution in [3.63, 3.8) is 0 Å². The molecule has 1 fully saturated rings. The van der Waals surface area contributed by atoms with Gasteiger partial charge < -0.3 is 15.3 Å². The second kappa shape index (κ2) is 7.15. The van der Waals surface area contributed by atoms with E-state index in [9.17, 15) is 14.7 Å². The third-order valence-corrected chi connectivity index (χ3v) is 4.40. The summed E-state index contributed by atoms with van der Waals surface area (Å²) in [6.07, 6.45) is -0.565. The summed E-state index contributed by atoms with van der Waals surface area (Å²) in [4.78, 5) is 28.0. The minimum absolute atomic E-state index is 0.270. The maximum absolute atomic E-state index is 11.9. The lowest BCUT2D eigenvalue weighted by Gasteiger charge is -2.37. The molecule has 2 N–H and O–H groups in total. The zero-order chi connectivity index (χ0) is 17.1. The van der Waals surface area contributed by atoms with Gasteiger partial charge >= 0.3 is 0 Å². The van der Waals surface area contributed by atoms with E-state index in [4.69, 9.17) is 0 Å². The van der Waals surface area contributed by atoms with Gasteiger partial charge in [0.1, 0.15) is 11.4 Å². The van der Waals surface area contributed by atoms with Gasteiger partial charge in [-0.2, -0.15) is 0 Å². The average molecular weight is 329 g/mol. The van der Waals surface area contributed by atoms with Gasteiger partial charge in [-0.05, 0) is 12.5 Å². The van der Waals surface area contributed by atoms with Crippen LogP contribution < -0.4 is 21.1 Å². The quantitative estimate of drug-likeness (QED) is 0.748. The van der Waals surface area contributed by atoms with Gasteiger partial charge in [0.2, 0.25) is 0 Å². The number of nitrogens with one attached hydrogen (secondary N) is 1. The number of aliphatic hydroxyl groups is 1. The number of anilines is 2. The zero-order valence-corrected chi connectivity index (χ0v) is 13.9. The third kappa shape index (κ3) is 3.49. The highest BCUT2D eigenvalue weighted by Gasteiger charge is 2.28. The van der Waals surface area contributed by atoms with Crippen molar-refractivity contribution in [2.45, 2.75) is 19.6 Å². The highest BCUT2D eigenvalue weighted by molar-refractivity contribution is 5.75. The molecule has 0 spiro atoms. The summed E-state index contributed by atoms with van der Waals surface area (Å²) in [6.45, 7) is 5.95. The Bertz CT molecular complexity index is 743. The van der Waals surface area contributed by atoms with E-state index in [-0.39, 0.29) is 6.54 Å². The Labute approximate surface area is 141 Å². The smallest absolute Gasteiger partial charge is 0.253 e. The van der Waals surface area contributed by atoms with Gasteiger partial charge in [-0.3, -0.25) is 14.5 Å². The van der Waals surface area contributed by atoms with Crippen molar-refractivity contribution < 1.29 is 5.11 Å². The summed E-state index contributed by atoms with van der Waals surface area (Å²) in [7, 11) is 0. The molecule has 0 bridgehead atoms. The van der Waals surface area contributed by atoms with E-state index in [0.29, 0.717) is 11.4 Å². The van der Waals surface area contributed by atoms with Crippen LogP contribution in [0.1, 0.15) is 12.5 Å². The molecule has 1 atom stereocenters. The summed E-state index contributed by atoms with van der Waals surface area (Å²) >= 11 is 0. The molecule has 24 heavy (non-hydrogen) atoms. The molecule has 0 aromatic heterocycles. The Kier molecular flexibility index (Phi) is 4.97. The molecule has 128 valence electrons. The Hall–Kier alpha value is -2.18. The van der Waals surface area contributed by atoms with E-state index in [1.165, 1.54) is 5.56 Å². The molecule has 2 aromatic rings. The first-order valence-electron chi connectivity index (χ1n) is 8.32. The van der Waals surface area contributed by atoms with Crippen molar-refractivity contribution in [1.29, 1.82) is 0 Å². The molecule has 1 saturated heterocycles. The summed E-state index contributed by atoms with van der Waals surface area (Å²) in [5.41, 5.74) is 1.23. The molecular weight excluding hydrogens is 306 g/mol. The van der Waals surface area contributed by atoms with Gasteiger partial charge in [0.15, 0.2) is 0 Å². The van der Waals surface area contributed by atoms with Crippen LogP contribution in [0.25, 0.3) is 0 Å². The van der Waals surface area contributed by atoms with Crippen molar-refractivity contribution in [3.8, 4) is 0 Å². The number of benzene rings is 1. The predicted molar refractivity (Wildman–Crippen MR) is 95.5 cm³/mol. The van der Waals surface area contributed by atoms with E-state index < -0.39 is 17.0 Å². The highest BCUT2D eigenvalue weighted by atomic mass is 16.3. The maximum Gasteiger partial charge on any atom is 0.253 e. The van der Waals surface area contributed by atoms with E-state index in [1.807, 2.05) is 23.1 Å². The lowest BCUT2D eigenvalue weighted by molar-refractivity contribution is 0.208. The Morgan fingerprint density at radius 2 is 1.75 bits per heavy atom. The maximum atomic E-state index is 11.9. The van der Waals surface area contributed by atoms with Crippen molar-refractivity contribution in [3.05, 3.63) is 56.3 Å². The number of nitrogens with zero attached hydrogens (tertiary/aromatic N) is 2. The summed E-state index contributed by atoms with van der Waals surface area (Å²) in [6, 6.07) is 10.3. The number of hydrogen-bond acceptors (Lipinski definition) is 6. The van der Waals surface area contributed by atoms with Gasteiger partial charge in [0.05, 0.1) is 6.10 Å². The van der Waals surface area contributed by atoms with E-state index in [2.05, 4.69) is 22.3 Å². The summed E-state index contributed by atoms with van der Waals surface area (Å²) < 4.78 is 0. The second-order valence-corrected chi connectivity index (χ2v) is 6.36. The molecule has 0 saturated carbocycles. The van der Waals surface area contributed by atoms with E-state index in [1.54, 1.807) is 6.92 Å². The number of hydrogen-bond donors (Lipinski definition) is 2. The topological polar surface area (TPSA) is 72.9 Å². The summed E-state index contributed by atoms with van der Waals surface area (Å²) in [5, 5.41) is 12.2. The zero-order valence-electron chi connectivity index (χ0n) is 13.9. The minimum Gasteiger partial charge on any atom is -0.392 e. The van der Waals surface area contributed by atoms with Gasteiger partial charge in [0, 0.05) is 39.3 Å². The molecule has 0 radical (unpaired) electrons. The van der Waals surface area contributed by atoms with Crippen LogP contribution in [-0.2, 0) is 6.54 Å². The number of aliphatic hydroxyl groups excluding tert-OH is 1. The van der Waals surface area contributed by atoms with Gasteiger partial charge in [-0.1, -0.05) is 30.3 Å². The predicted octanol–water partition coefficient (Wildman–Crippen LogP) is 0.397. The van der Waals surface area contributed by atoms with Crippen LogP contribution in [-0.4, -0.2) is 48.8 Å². The van der Waals surface area contributed by atoms with Crippen molar-refractivity contribution in [2.75, 3.05) is 42.9 Å². The lowest BCUT2D eigenvalue weighted by atomic mass is 10.1. The second-order valence-electron chi connectivity index (χ2n) is 6.36. The molecule has 0 amide bonds. The average Bonchev–Trinajstić information content (AvgIpc) is 2.59. The first-order chi connectivity index (χ1) is 11.6. The molecule has 6 nitrogen and oxygen atoms in total. The fourth-order valence-corrected chi connectivity index (χ4v) is 3.07. The molecule has 0 aliphatic carbocycles. The molecule has 6 heteroatoms. The van der Waals surface area contributed by atoms with Crippen molar-refractivity contribution >= 4 is 11.4 Å². The van der Waals surface area contributed by atoms with Crippen LogP contribution in [0, 0.1) is 0 Å². The first-order valence-corrected chi connectivity index (χ1v) is 8.32. The van der Waals surface area contributed by atoms with Crippen molar-refractivity contribution in [1.82, 2.24) is 4.90 Å². The van der Waals surface area contributed by atoms with Gasteiger partial charge in [-0.15, -0.1) is 0 Å². The fraction of sp³-hybridized carbons (Fsp3) is 0.444. The normalized spacial score (nSPS) is 17.2. The Balaban J connectivity index is 1.60. The molecule has 2 aromatic carbocycles. The summed E-state index contributed by atoms with van der Waals surface area (Å²) in [5.74, 6) is 0. The van der Waals surface area contributed by atoms with Crippen LogP contribution in [0.3, 0.4) is 0 Å². The van der Waals surface area contributed by atoms with Crippen LogP contribution in [0.4, 0.5) is 11.4 Å². The highest BCUT2D eigenvalue weighted by Crippen LogP contribution is 2.22. The standard InChI is InChI=1S/C18H23N3O3/c1-13(22)11-19-15-16(18(24)17(15)23)21-9-7-20(8-10-21)12-14-5-3-2-4-6-14/h2-6,13,19,22H,7-12H2,1H3. The van der Waals surface area contributed by atoms with Crippen molar-refractivity contribution in [2.24, 2.45) is 0 Å². The van der Waals surface area contributed by atoms with E-state index >= 15 is 0 Å². The Morgan fingerprint density at radius 3 is 2.38 bits per heavy atom. The monoisotopic (exact) mass is 329 g/mol. The molecule has 1 heterocycles. The van der Waals surface area contributed by atoms with Gasteiger partial charge in [0.25, 0.3) is 10.9 Å². The lowest BCUT2D eigenvalue weighted by Crippen LogP contribution is -2.51. The minimum atomic E-state index is -0.565.